The predicted octanol–water partition coefficient (Wildman–Crippen LogP) is 3.80. The monoisotopic (exact) mass is 306 g/mol. The van der Waals surface area contributed by atoms with Gasteiger partial charge in [-0.1, -0.05) is 42.5 Å². The number of rotatable bonds is 4. The number of para-hydroxylation sites is 1. The molecule has 3 aromatic rings. The molecule has 0 N–H and O–H groups in total. The molecule has 1 aromatic heterocycles. The van der Waals surface area contributed by atoms with Gasteiger partial charge < -0.3 is 9.32 Å². The molecule has 0 bridgehead atoms. The van der Waals surface area contributed by atoms with Gasteiger partial charge in [-0.2, -0.15) is 0 Å². The molecule has 2 heterocycles. The molecule has 0 radical (unpaired) electrons. The van der Waals surface area contributed by atoms with Crippen LogP contribution < -0.4 is 4.90 Å². The Morgan fingerprint density at radius 3 is 2.48 bits per heavy atom. The van der Waals surface area contributed by atoms with E-state index in [4.69, 9.17) is 4.42 Å². The van der Waals surface area contributed by atoms with Crippen molar-refractivity contribution in [3.63, 3.8) is 0 Å². The van der Waals surface area contributed by atoms with Crippen LogP contribution in [0, 0.1) is 0 Å². The van der Waals surface area contributed by atoms with E-state index >= 15 is 0 Å². The summed E-state index contributed by atoms with van der Waals surface area (Å²) >= 11 is 0. The van der Waals surface area contributed by atoms with Crippen molar-refractivity contribution in [3.05, 3.63) is 66.4 Å². The van der Waals surface area contributed by atoms with Gasteiger partial charge >= 0.3 is 0 Å². The number of hydrogen-bond acceptors (Lipinski definition) is 3. The highest BCUT2D eigenvalue weighted by molar-refractivity contribution is 5.89. The molecule has 1 saturated heterocycles. The predicted molar refractivity (Wildman–Crippen MR) is 95.0 cm³/mol. The smallest absolute Gasteiger partial charge is 0.157 e. The molecule has 0 atom stereocenters. The molecule has 0 spiro atoms. The van der Waals surface area contributed by atoms with Gasteiger partial charge in [0.2, 0.25) is 0 Å². The summed E-state index contributed by atoms with van der Waals surface area (Å²) in [6.45, 7) is 5.50. The van der Waals surface area contributed by atoms with E-state index in [0.29, 0.717) is 0 Å². The lowest BCUT2D eigenvalue weighted by atomic mass is 10.1. The van der Waals surface area contributed by atoms with Crippen LogP contribution in [0.4, 0.5) is 5.69 Å². The Hall–Kier alpha value is -2.26. The van der Waals surface area contributed by atoms with Gasteiger partial charge in [0.15, 0.2) is 5.58 Å². The van der Waals surface area contributed by atoms with Gasteiger partial charge in [-0.15, -0.1) is 0 Å². The summed E-state index contributed by atoms with van der Waals surface area (Å²) in [6.07, 6.45) is 2.92. The highest BCUT2D eigenvalue weighted by Gasteiger charge is 2.19. The Kier molecular flexibility index (Phi) is 4.03. The normalized spacial score (nSPS) is 16.1. The Balaban J connectivity index is 1.37. The highest BCUT2D eigenvalue weighted by Crippen LogP contribution is 2.28. The second kappa shape index (κ2) is 6.47. The van der Waals surface area contributed by atoms with Crippen LogP contribution in [0.5, 0.6) is 0 Å². The number of nitrogens with zero attached hydrogens (tertiary/aromatic N) is 2. The summed E-state index contributed by atoms with van der Waals surface area (Å²) < 4.78 is 5.68. The van der Waals surface area contributed by atoms with Crippen molar-refractivity contribution >= 4 is 16.7 Å². The Morgan fingerprint density at radius 2 is 1.65 bits per heavy atom. The van der Waals surface area contributed by atoms with Crippen molar-refractivity contribution in [2.45, 2.75) is 6.42 Å². The largest absolute Gasteiger partial charge is 0.462 e. The Labute approximate surface area is 137 Å². The van der Waals surface area contributed by atoms with E-state index < -0.39 is 0 Å². The van der Waals surface area contributed by atoms with Crippen LogP contribution >= 0.6 is 0 Å². The molecule has 2 aromatic carbocycles. The molecule has 0 amide bonds. The first kappa shape index (κ1) is 14.3. The van der Waals surface area contributed by atoms with Gasteiger partial charge in [0, 0.05) is 38.1 Å². The molecule has 0 aliphatic carbocycles. The maximum atomic E-state index is 5.68. The molecule has 118 valence electrons. The number of hydrogen-bond donors (Lipinski definition) is 0. The standard InChI is InChI=1S/C20H22N2O/c1-2-5-17(6-3-1)9-11-21-12-14-22(15-13-21)19-8-4-7-18-10-16-23-20(18)19/h1-8,10,16H,9,11-15H2. The molecule has 0 unspecified atom stereocenters. The third kappa shape index (κ3) is 3.10. The van der Waals surface area contributed by atoms with E-state index in [1.54, 1.807) is 6.26 Å². The molecule has 3 heteroatoms. The van der Waals surface area contributed by atoms with Gasteiger partial charge in [0.25, 0.3) is 0 Å². The molecule has 3 nitrogen and oxygen atoms in total. The number of fused-ring (bicyclic) bond motifs is 1. The summed E-state index contributed by atoms with van der Waals surface area (Å²) in [7, 11) is 0. The summed E-state index contributed by atoms with van der Waals surface area (Å²) in [4.78, 5) is 5.01. The van der Waals surface area contributed by atoms with E-state index in [1.165, 1.54) is 16.6 Å². The van der Waals surface area contributed by atoms with Gasteiger partial charge in [-0.25, -0.2) is 0 Å². The zero-order chi connectivity index (χ0) is 15.5. The van der Waals surface area contributed by atoms with Crippen molar-refractivity contribution in [1.82, 2.24) is 4.90 Å². The van der Waals surface area contributed by atoms with Gasteiger partial charge in [-0.05, 0) is 24.1 Å². The van der Waals surface area contributed by atoms with Crippen molar-refractivity contribution < 1.29 is 4.42 Å². The average Bonchev–Trinajstić information content (AvgIpc) is 3.10. The fraction of sp³-hybridized carbons (Fsp3) is 0.300. The lowest BCUT2D eigenvalue weighted by Gasteiger charge is -2.36. The lowest BCUT2D eigenvalue weighted by Crippen LogP contribution is -2.47. The quantitative estimate of drug-likeness (QED) is 0.731. The van der Waals surface area contributed by atoms with Crippen LogP contribution in [0.15, 0.2) is 65.3 Å². The molecule has 1 aliphatic rings. The first-order valence-corrected chi connectivity index (χ1v) is 8.37. The van der Waals surface area contributed by atoms with Crippen LogP contribution in [0.25, 0.3) is 11.0 Å². The highest BCUT2D eigenvalue weighted by atomic mass is 16.3. The topological polar surface area (TPSA) is 19.6 Å². The van der Waals surface area contributed by atoms with Crippen LogP contribution in [0.2, 0.25) is 0 Å². The molecule has 1 fully saturated rings. The van der Waals surface area contributed by atoms with Crippen molar-refractivity contribution in [2.75, 3.05) is 37.6 Å². The molecular weight excluding hydrogens is 284 g/mol. The maximum absolute atomic E-state index is 5.68. The van der Waals surface area contributed by atoms with Gasteiger partial charge in [0.1, 0.15) is 0 Å². The fourth-order valence-electron chi connectivity index (χ4n) is 3.37. The van der Waals surface area contributed by atoms with Crippen LogP contribution in [-0.2, 0) is 6.42 Å². The number of benzene rings is 2. The summed E-state index contributed by atoms with van der Waals surface area (Å²) in [6, 6.07) is 19.2. The Bertz CT molecular complexity index is 757. The fourth-order valence-corrected chi connectivity index (χ4v) is 3.37. The number of anilines is 1. The van der Waals surface area contributed by atoms with Gasteiger partial charge in [-0.3, -0.25) is 4.90 Å². The number of piperazine rings is 1. The van der Waals surface area contributed by atoms with E-state index in [0.717, 1.165) is 44.7 Å². The Morgan fingerprint density at radius 1 is 0.826 bits per heavy atom. The summed E-state index contributed by atoms with van der Waals surface area (Å²) in [5.41, 5.74) is 3.68. The van der Waals surface area contributed by atoms with Crippen LogP contribution in [0.1, 0.15) is 5.56 Å². The maximum Gasteiger partial charge on any atom is 0.157 e. The van der Waals surface area contributed by atoms with Crippen LogP contribution in [-0.4, -0.2) is 37.6 Å². The SMILES string of the molecule is c1ccc(CCN2CCN(c3cccc4ccoc34)CC2)cc1. The van der Waals surface area contributed by atoms with Gasteiger partial charge in [0.05, 0.1) is 12.0 Å². The van der Waals surface area contributed by atoms with E-state index in [-0.39, 0.29) is 0 Å². The molecular formula is C20H22N2O. The zero-order valence-corrected chi connectivity index (χ0v) is 13.3. The third-order valence-corrected chi connectivity index (χ3v) is 4.73. The third-order valence-electron chi connectivity index (χ3n) is 4.73. The summed E-state index contributed by atoms with van der Waals surface area (Å²) in [5, 5.41) is 1.19. The van der Waals surface area contributed by atoms with E-state index in [2.05, 4.69) is 58.3 Å². The first-order chi connectivity index (χ1) is 11.4. The summed E-state index contributed by atoms with van der Waals surface area (Å²) in [5.74, 6) is 0. The number of furan rings is 1. The van der Waals surface area contributed by atoms with Crippen molar-refractivity contribution in [2.24, 2.45) is 0 Å². The van der Waals surface area contributed by atoms with Crippen molar-refractivity contribution in [1.29, 1.82) is 0 Å². The minimum absolute atomic E-state index is 1.02. The first-order valence-electron chi connectivity index (χ1n) is 8.37. The average molecular weight is 306 g/mol. The van der Waals surface area contributed by atoms with Crippen LogP contribution in [0.3, 0.4) is 0 Å². The second-order valence-corrected chi connectivity index (χ2v) is 6.18. The molecule has 23 heavy (non-hydrogen) atoms. The minimum atomic E-state index is 1.02. The van der Waals surface area contributed by atoms with E-state index in [9.17, 15) is 0 Å². The lowest BCUT2D eigenvalue weighted by molar-refractivity contribution is 0.261. The molecule has 1 aliphatic heterocycles. The van der Waals surface area contributed by atoms with Crippen molar-refractivity contribution in [3.8, 4) is 0 Å². The molecule has 0 saturated carbocycles. The zero-order valence-electron chi connectivity index (χ0n) is 13.3. The van der Waals surface area contributed by atoms with E-state index in [1.807, 2.05) is 6.07 Å². The second-order valence-electron chi connectivity index (χ2n) is 6.18. The minimum Gasteiger partial charge on any atom is -0.462 e. The molecule has 4 rings (SSSR count).